The van der Waals surface area contributed by atoms with Crippen LogP contribution in [0.3, 0.4) is 0 Å². The Labute approximate surface area is 157 Å². The lowest BCUT2D eigenvalue weighted by Crippen LogP contribution is -2.41. The molecule has 140 valence electrons. The number of hydroxylamine groups is 1. The summed E-state index contributed by atoms with van der Waals surface area (Å²) in [5.74, 6) is -1.72. The van der Waals surface area contributed by atoms with Crippen LogP contribution in [0, 0.1) is 12.8 Å². The van der Waals surface area contributed by atoms with Crippen LogP contribution in [0.4, 0.5) is 0 Å². The Balaban J connectivity index is 1.78. The maximum Gasteiger partial charge on any atom is 0.256 e. The number of amides is 2. The van der Waals surface area contributed by atoms with Crippen LogP contribution in [0.5, 0.6) is 0 Å². The number of carbonyl (C=O) groups excluding carboxylic acids is 2. The molecule has 1 unspecified atom stereocenters. The first-order valence-electron chi connectivity index (χ1n) is 8.67. The van der Waals surface area contributed by atoms with Crippen LogP contribution in [-0.4, -0.2) is 26.6 Å². The minimum Gasteiger partial charge on any atom is -0.351 e. The lowest BCUT2D eigenvalue weighted by atomic mass is 10.0. The van der Waals surface area contributed by atoms with Gasteiger partial charge in [0.25, 0.3) is 5.91 Å². The highest BCUT2D eigenvalue weighted by molar-refractivity contribution is 6.00. The van der Waals surface area contributed by atoms with Gasteiger partial charge in [0.2, 0.25) is 5.91 Å². The molecule has 27 heavy (non-hydrogen) atoms. The average molecular weight is 366 g/mol. The molecule has 2 aromatic carbocycles. The molecule has 0 aliphatic rings. The van der Waals surface area contributed by atoms with E-state index in [1.807, 2.05) is 67.1 Å². The number of benzene rings is 2. The number of imidazole rings is 1. The molecule has 0 bridgehead atoms. The lowest BCUT2D eigenvalue weighted by molar-refractivity contribution is -0.140. The monoisotopic (exact) mass is 366 g/mol. The van der Waals surface area contributed by atoms with Gasteiger partial charge in [0.1, 0.15) is 11.7 Å². The van der Waals surface area contributed by atoms with E-state index in [1.165, 1.54) is 0 Å². The Bertz CT molecular complexity index is 980. The fourth-order valence-corrected chi connectivity index (χ4v) is 3.06. The Morgan fingerprint density at radius 2 is 1.81 bits per heavy atom. The van der Waals surface area contributed by atoms with Gasteiger partial charge < -0.3 is 9.88 Å². The van der Waals surface area contributed by atoms with Crippen LogP contribution >= 0.6 is 0 Å². The van der Waals surface area contributed by atoms with Crippen molar-refractivity contribution in [3.63, 3.8) is 0 Å². The van der Waals surface area contributed by atoms with E-state index in [4.69, 9.17) is 5.21 Å². The van der Waals surface area contributed by atoms with Crippen molar-refractivity contribution in [2.45, 2.75) is 19.9 Å². The molecule has 1 atom stereocenters. The predicted molar refractivity (Wildman–Crippen MR) is 101 cm³/mol. The van der Waals surface area contributed by atoms with Crippen molar-refractivity contribution in [1.29, 1.82) is 0 Å². The summed E-state index contributed by atoms with van der Waals surface area (Å²) in [5, 5.41) is 11.8. The van der Waals surface area contributed by atoms with Gasteiger partial charge in [-0.3, -0.25) is 14.8 Å². The van der Waals surface area contributed by atoms with Crippen LogP contribution in [0.2, 0.25) is 0 Å². The number of para-hydroxylation sites is 2. The number of carbonyl (C=O) groups is 2. The van der Waals surface area contributed by atoms with Crippen molar-refractivity contribution >= 4 is 22.8 Å². The van der Waals surface area contributed by atoms with Gasteiger partial charge in [0.15, 0.2) is 0 Å². The van der Waals surface area contributed by atoms with E-state index in [2.05, 4.69) is 10.3 Å². The summed E-state index contributed by atoms with van der Waals surface area (Å²) in [6.07, 6.45) is 0.0805. The standard InChI is InChI=1S/C20H22N4O3/c1-13-7-3-4-8-14(13)12-21-19(25)15(20(26)23-27)11-18-22-16-9-5-6-10-17(16)24(18)2/h3-10,15,27H,11-12H2,1-2H3,(H,21,25)(H,23,26). The summed E-state index contributed by atoms with van der Waals surface area (Å²) in [5.41, 5.74) is 5.32. The summed E-state index contributed by atoms with van der Waals surface area (Å²) >= 11 is 0. The van der Waals surface area contributed by atoms with E-state index in [-0.39, 0.29) is 6.42 Å². The highest BCUT2D eigenvalue weighted by Crippen LogP contribution is 2.17. The topological polar surface area (TPSA) is 96.2 Å². The molecular weight excluding hydrogens is 344 g/mol. The minimum absolute atomic E-state index is 0.0805. The Morgan fingerprint density at radius 3 is 2.52 bits per heavy atom. The van der Waals surface area contributed by atoms with E-state index in [0.29, 0.717) is 12.4 Å². The molecule has 0 fully saturated rings. The lowest BCUT2D eigenvalue weighted by Gasteiger charge is -2.15. The largest absolute Gasteiger partial charge is 0.351 e. The summed E-state index contributed by atoms with van der Waals surface area (Å²) in [6, 6.07) is 15.3. The number of aryl methyl sites for hydroxylation is 2. The molecule has 0 radical (unpaired) electrons. The van der Waals surface area contributed by atoms with E-state index in [0.717, 1.165) is 22.2 Å². The number of nitrogens with zero attached hydrogens (tertiary/aromatic N) is 2. The number of hydrogen-bond acceptors (Lipinski definition) is 4. The van der Waals surface area contributed by atoms with Crippen LogP contribution in [0.25, 0.3) is 11.0 Å². The zero-order valence-corrected chi connectivity index (χ0v) is 15.3. The van der Waals surface area contributed by atoms with E-state index in [1.54, 1.807) is 5.48 Å². The number of fused-ring (bicyclic) bond motifs is 1. The molecule has 1 aromatic heterocycles. The van der Waals surface area contributed by atoms with E-state index >= 15 is 0 Å². The van der Waals surface area contributed by atoms with Gasteiger partial charge in [-0.15, -0.1) is 0 Å². The zero-order chi connectivity index (χ0) is 19.4. The molecule has 7 nitrogen and oxygen atoms in total. The van der Waals surface area contributed by atoms with Gasteiger partial charge in [-0.25, -0.2) is 10.5 Å². The third-order valence-electron chi connectivity index (χ3n) is 4.72. The van der Waals surface area contributed by atoms with Crippen molar-refractivity contribution in [2.24, 2.45) is 13.0 Å². The summed E-state index contributed by atoms with van der Waals surface area (Å²) in [7, 11) is 1.84. The summed E-state index contributed by atoms with van der Waals surface area (Å²) in [4.78, 5) is 29.2. The molecule has 0 saturated heterocycles. The molecule has 0 saturated carbocycles. The maximum absolute atomic E-state index is 12.6. The predicted octanol–water partition coefficient (Wildman–Crippen LogP) is 1.86. The van der Waals surface area contributed by atoms with Gasteiger partial charge >= 0.3 is 0 Å². The Kier molecular flexibility index (Phi) is 5.52. The highest BCUT2D eigenvalue weighted by atomic mass is 16.5. The average Bonchev–Trinajstić information content (AvgIpc) is 3.00. The van der Waals surface area contributed by atoms with Gasteiger partial charge in [-0.05, 0) is 30.2 Å². The van der Waals surface area contributed by atoms with E-state index in [9.17, 15) is 9.59 Å². The molecule has 2 amide bonds. The first-order chi connectivity index (χ1) is 13.0. The number of aromatic nitrogens is 2. The fourth-order valence-electron chi connectivity index (χ4n) is 3.06. The highest BCUT2D eigenvalue weighted by Gasteiger charge is 2.28. The van der Waals surface area contributed by atoms with E-state index < -0.39 is 17.7 Å². The third kappa shape index (κ3) is 3.98. The normalized spacial score (nSPS) is 12.0. The van der Waals surface area contributed by atoms with Gasteiger partial charge in [0, 0.05) is 20.0 Å². The van der Waals surface area contributed by atoms with Crippen molar-refractivity contribution in [1.82, 2.24) is 20.3 Å². The fraction of sp³-hybridized carbons (Fsp3) is 0.250. The van der Waals surface area contributed by atoms with Crippen molar-refractivity contribution in [3.8, 4) is 0 Å². The molecule has 3 rings (SSSR count). The zero-order valence-electron chi connectivity index (χ0n) is 15.3. The van der Waals surface area contributed by atoms with Crippen molar-refractivity contribution in [3.05, 3.63) is 65.5 Å². The molecular formula is C20H22N4O3. The van der Waals surface area contributed by atoms with Crippen molar-refractivity contribution in [2.75, 3.05) is 0 Å². The molecule has 3 aromatic rings. The first kappa shape index (κ1) is 18.6. The first-order valence-corrected chi connectivity index (χ1v) is 8.67. The quantitative estimate of drug-likeness (QED) is 0.352. The van der Waals surface area contributed by atoms with Gasteiger partial charge in [-0.1, -0.05) is 36.4 Å². The van der Waals surface area contributed by atoms with Crippen LogP contribution in [0.1, 0.15) is 17.0 Å². The molecule has 7 heteroatoms. The molecule has 0 spiro atoms. The van der Waals surface area contributed by atoms with Gasteiger partial charge in [-0.2, -0.15) is 0 Å². The third-order valence-corrected chi connectivity index (χ3v) is 4.72. The molecule has 3 N–H and O–H groups in total. The SMILES string of the molecule is Cc1ccccc1CNC(=O)C(Cc1nc2ccccc2n1C)C(=O)NO. The van der Waals surface area contributed by atoms with Crippen molar-refractivity contribution < 1.29 is 14.8 Å². The molecule has 0 aliphatic heterocycles. The molecule has 0 aliphatic carbocycles. The van der Waals surface area contributed by atoms with Crippen LogP contribution in [0.15, 0.2) is 48.5 Å². The van der Waals surface area contributed by atoms with Gasteiger partial charge in [0.05, 0.1) is 11.0 Å². The Morgan fingerprint density at radius 1 is 1.11 bits per heavy atom. The maximum atomic E-state index is 12.6. The summed E-state index contributed by atoms with van der Waals surface area (Å²) < 4.78 is 1.85. The summed E-state index contributed by atoms with van der Waals surface area (Å²) in [6.45, 7) is 2.27. The smallest absolute Gasteiger partial charge is 0.256 e. The number of rotatable bonds is 6. The minimum atomic E-state index is -1.09. The number of hydrogen-bond donors (Lipinski definition) is 3. The Hall–Kier alpha value is -3.19. The second-order valence-corrected chi connectivity index (χ2v) is 6.45. The second kappa shape index (κ2) is 8.01. The molecule has 1 heterocycles. The second-order valence-electron chi connectivity index (χ2n) is 6.45. The van der Waals surface area contributed by atoms with Crippen LogP contribution in [-0.2, 0) is 29.6 Å². The van der Waals surface area contributed by atoms with Crippen LogP contribution < -0.4 is 10.8 Å². The number of nitrogens with one attached hydrogen (secondary N) is 2.